The van der Waals surface area contributed by atoms with E-state index >= 15 is 0 Å². The van der Waals surface area contributed by atoms with Gasteiger partial charge in [0.25, 0.3) is 0 Å². The highest BCUT2D eigenvalue weighted by Gasteiger charge is 2.29. The topological polar surface area (TPSA) is 15.3 Å². The molecule has 0 saturated carbocycles. The molecule has 1 aromatic rings. The van der Waals surface area contributed by atoms with Crippen molar-refractivity contribution >= 4 is 11.4 Å². The molecule has 0 amide bonds. The number of benzene rings is 1. The van der Waals surface area contributed by atoms with E-state index in [0.717, 1.165) is 13.1 Å². The molecule has 0 bridgehead atoms. The zero-order valence-electron chi connectivity index (χ0n) is 10.1. The van der Waals surface area contributed by atoms with E-state index in [0.29, 0.717) is 0 Å². The summed E-state index contributed by atoms with van der Waals surface area (Å²) >= 11 is 0. The summed E-state index contributed by atoms with van der Waals surface area (Å²) in [7, 11) is 0. The second-order valence-electron chi connectivity index (χ2n) is 4.99. The van der Waals surface area contributed by atoms with Crippen molar-refractivity contribution in [3.05, 3.63) is 23.8 Å². The molecule has 2 rings (SSSR count). The van der Waals surface area contributed by atoms with E-state index in [2.05, 4.69) is 56.1 Å². The van der Waals surface area contributed by atoms with E-state index < -0.39 is 0 Å². The second kappa shape index (κ2) is 3.44. The summed E-state index contributed by atoms with van der Waals surface area (Å²) < 4.78 is 0. The zero-order chi connectivity index (χ0) is 11.1. The first-order valence-corrected chi connectivity index (χ1v) is 5.66. The third-order valence-corrected chi connectivity index (χ3v) is 3.02. The van der Waals surface area contributed by atoms with Crippen molar-refractivity contribution in [3.8, 4) is 0 Å². The van der Waals surface area contributed by atoms with Crippen LogP contribution in [0.4, 0.5) is 11.4 Å². The van der Waals surface area contributed by atoms with Gasteiger partial charge >= 0.3 is 0 Å². The molecule has 0 atom stereocenters. The Morgan fingerprint density at radius 2 is 2.13 bits per heavy atom. The van der Waals surface area contributed by atoms with Gasteiger partial charge in [0.15, 0.2) is 0 Å². The SMILES string of the molecule is CCN1CC(C)(C)Nc2c(C)cccc21. The Balaban J connectivity index is 2.49. The van der Waals surface area contributed by atoms with Crippen molar-refractivity contribution in [3.63, 3.8) is 0 Å². The number of nitrogens with zero attached hydrogens (tertiary/aromatic N) is 1. The molecule has 0 radical (unpaired) electrons. The molecule has 0 fully saturated rings. The smallest absolute Gasteiger partial charge is 0.0612 e. The average Bonchev–Trinajstić information content (AvgIpc) is 2.17. The molecule has 2 heteroatoms. The van der Waals surface area contributed by atoms with Crippen molar-refractivity contribution < 1.29 is 0 Å². The lowest BCUT2D eigenvalue weighted by Crippen LogP contribution is -2.48. The maximum atomic E-state index is 3.63. The van der Waals surface area contributed by atoms with Crippen LogP contribution in [0.5, 0.6) is 0 Å². The molecule has 15 heavy (non-hydrogen) atoms. The fourth-order valence-corrected chi connectivity index (χ4v) is 2.30. The van der Waals surface area contributed by atoms with Gasteiger partial charge in [-0.05, 0) is 39.3 Å². The zero-order valence-corrected chi connectivity index (χ0v) is 10.1. The fraction of sp³-hybridized carbons (Fsp3) is 0.538. The van der Waals surface area contributed by atoms with Crippen LogP contribution in [0.1, 0.15) is 26.3 Å². The van der Waals surface area contributed by atoms with E-state index in [-0.39, 0.29) is 5.54 Å². The Morgan fingerprint density at radius 1 is 1.40 bits per heavy atom. The normalized spacial score (nSPS) is 18.3. The molecule has 0 aromatic heterocycles. The predicted molar refractivity (Wildman–Crippen MR) is 66.8 cm³/mol. The van der Waals surface area contributed by atoms with Crippen LogP contribution in [-0.2, 0) is 0 Å². The summed E-state index contributed by atoms with van der Waals surface area (Å²) in [5.74, 6) is 0. The number of para-hydroxylation sites is 1. The molecule has 1 aromatic carbocycles. The number of hydrogen-bond donors (Lipinski definition) is 1. The van der Waals surface area contributed by atoms with Gasteiger partial charge in [-0.15, -0.1) is 0 Å². The summed E-state index contributed by atoms with van der Waals surface area (Å²) in [5.41, 5.74) is 4.14. The van der Waals surface area contributed by atoms with Crippen LogP contribution in [0.3, 0.4) is 0 Å². The highest BCUT2D eigenvalue weighted by molar-refractivity contribution is 5.76. The summed E-state index contributed by atoms with van der Waals surface area (Å²) in [6, 6.07) is 6.51. The lowest BCUT2D eigenvalue weighted by atomic mass is 9.97. The number of hydrogen-bond acceptors (Lipinski definition) is 2. The van der Waals surface area contributed by atoms with Gasteiger partial charge in [0, 0.05) is 18.6 Å². The van der Waals surface area contributed by atoms with Crippen LogP contribution in [-0.4, -0.2) is 18.6 Å². The maximum Gasteiger partial charge on any atom is 0.0612 e. The van der Waals surface area contributed by atoms with Gasteiger partial charge < -0.3 is 10.2 Å². The molecule has 1 aliphatic heterocycles. The van der Waals surface area contributed by atoms with Gasteiger partial charge in [-0.3, -0.25) is 0 Å². The minimum atomic E-state index is 0.162. The second-order valence-corrected chi connectivity index (χ2v) is 4.99. The fourth-order valence-electron chi connectivity index (χ4n) is 2.30. The Morgan fingerprint density at radius 3 is 2.80 bits per heavy atom. The van der Waals surface area contributed by atoms with Crippen molar-refractivity contribution in [2.45, 2.75) is 33.2 Å². The van der Waals surface area contributed by atoms with Gasteiger partial charge in [0.1, 0.15) is 0 Å². The van der Waals surface area contributed by atoms with E-state index in [1.807, 2.05) is 0 Å². The number of fused-ring (bicyclic) bond motifs is 1. The molecule has 1 heterocycles. The van der Waals surface area contributed by atoms with Crippen LogP contribution >= 0.6 is 0 Å². The summed E-state index contributed by atoms with van der Waals surface area (Å²) in [5, 5.41) is 3.63. The first kappa shape index (κ1) is 10.3. The minimum Gasteiger partial charge on any atom is -0.376 e. The number of likely N-dealkylation sites (N-methyl/N-ethyl adjacent to an activating group) is 1. The van der Waals surface area contributed by atoms with E-state index in [1.54, 1.807) is 0 Å². The molecule has 1 aliphatic rings. The first-order chi connectivity index (χ1) is 7.03. The van der Waals surface area contributed by atoms with Gasteiger partial charge in [-0.25, -0.2) is 0 Å². The van der Waals surface area contributed by atoms with Gasteiger partial charge in [-0.1, -0.05) is 12.1 Å². The monoisotopic (exact) mass is 204 g/mol. The van der Waals surface area contributed by atoms with Gasteiger partial charge in [0.2, 0.25) is 0 Å². The number of rotatable bonds is 1. The third-order valence-electron chi connectivity index (χ3n) is 3.02. The molecule has 0 unspecified atom stereocenters. The molecular formula is C13H20N2. The standard InChI is InChI=1S/C13H20N2/c1-5-15-9-13(3,4)14-12-10(2)7-6-8-11(12)15/h6-8,14H,5,9H2,1-4H3. The van der Waals surface area contributed by atoms with Crippen molar-refractivity contribution in [1.29, 1.82) is 0 Å². The Bertz CT molecular complexity index is 369. The highest BCUT2D eigenvalue weighted by atomic mass is 15.2. The molecule has 0 saturated heterocycles. The highest BCUT2D eigenvalue weighted by Crippen LogP contribution is 2.36. The van der Waals surface area contributed by atoms with Crippen LogP contribution in [0.2, 0.25) is 0 Å². The Labute approximate surface area is 92.3 Å². The Kier molecular flexibility index (Phi) is 2.37. The molecule has 2 nitrogen and oxygen atoms in total. The maximum absolute atomic E-state index is 3.63. The van der Waals surface area contributed by atoms with Crippen molar-refractivity contribution in [2.24, 2.45) is 0 Å². The third kappa shape index (κ3) is 1.81. The molecule has 0 aliphatic carbocycles. The largest absolute Gasteiger partial charge is 0.376 e. The minimum absolute atomic E-state index is 0.162. The van der Waals surface area contributed by atoms with E-state index in [1.165, 1.54) is 16.9 Å². The summed E-state index contributed by atoms with van der Waals surface area (Å²) in [4.78, 5) is 2.44. The molecule has 82 valence electrons. The molecular weight excluding hydrogens is 184 g/mol. The number of aryl methyl sites for hydroxylation is 1. The van der Waals surface area contributed by atoms with Crippen LogP contribution in [0, 0.1) is 6.92 Å². The quantitative estimate of drug-likeness (QED) is 0.756. The van der Waals surface area contributed by atoms with E-state index in [4.69, 9.17) is 0 Å². The first-order valence-electron chi connectivity index (χ1n) is 5.66. The van der Waals surface area contributed by atoms with Crippen LogP contribution in [0.15, 0.2) is 18.2 Å². The lowest BCUT2D eigenvalue weighted by molar-refractivity contribution is 0.536. The van der Waals surface area contributed by atoms with Crippen molar-refractivity contribution in [1.82, 2.24) is 0 Å². The number of nitrogens with one attached hydrogen (secondary N) is 1. The summed E-state index contributed by atoms with van der Waals surface area (Å²) in [6.45, 7) is 11.0. The van der Waals surface area contributed by atoms with Crippen molar-refractivity contribution in [2.75, 3.05) is 23.3 Å². The predicted octanol–water partition coefficient (Wildman–Crippen LogP) is 3.03. The van der Waals surface area contributed by atoms with Gasteiger partial charge in [0.05, 0.1) is 11.4 Å². The van der Waals surface area contributed by atoms with Gasteiger partial charge in [-0.2, -0.15) is 0 Å². The lowest BCUT2D eigenvalue weighted by Gasteiger charge is -2.42. The molecule has 1 N–H and O–H groups in total. The Hall–Kier alpha value is -1.18. The summed E-state index contributed by atoms with van der Waals surface area (Å²) in [6.07, 6.45) is 0. The van der Waals surface area contributed by atoms with Crippen LogP contribution in [0.25, 0.3) is 0 Å². The van der Waals surface area contributed by atoms with E-state index in [9.17, 15) is 0 Å². The molecule has 0 spiro atoms. The van der Waals surface area contributed by atoms with Crippen LogP contribution < -0.4 is 10.2 Å². The number of anilines is 2. The average molecular weight is 204 g/mol.